The summed E-state index contributed by atoms with van der Waals surface area (Å²) < 4.78 is 35.5. The van der Waals surface area contributed by atoms with E-state index in [0.29, 0.717) is 5.56 Å². The van der Waals surface area contributed by atoms with Gasteiger partial charge in [0.1, 0.15) is 0 Å². The van der Waals surface area contributed by atoms with Gasteiger partial charge in [-0.2, -0.15) is 0 Å². The summed E-state index contributed by atoms with van der Waals surface area (Å²) in [5.41, 5.74) is 2.40. The van der Waals surface area contributed by atoms with Gasteiger partial charge >= 0.3 is 0 Å². The Morgan fingerprint density at radius 1 is 0.941 bits per heavy atom. The van der Waals surface area contributed by atoms with E-state index in [2.05, 4.69) is 26.5 Å². The monoisotopic (exact) mass is 462 g/mol. The molecule has 0 N–H and O–H groups in total. The first-order valence-corrected chi connectivity index (χ1v) is 12.4. The molecular weight excluding hydrogens is 426 g/mol. The van der Waals surface area contributed by atoms with Crippen LogP contribution in [0.25, 0.3) is 28.0 Å². The van der Waals surface area contributed by atoms with Gasteiger partial charge in [0.25, 0.3) is 0 Å². The summed E-state index contributed by atoms with van der Waals surface area (Å²) in [5.74, 6) is -1.61. The molecule has 0 saturated heterocycles. The lowest BCUT2D eigenvalue weighted by Crippen LogP contribution is -2.08. The van der Waals surface area contributed by atoms with Gasteiger partial charge in [-0.3, -0.25) is 0 Å². The van der Waals surface area contributed by atoms with Gasteiger partial charge in [-0.15, -0.1) is 6.58 Å². The highest BCUT2D eigenvalue weighted by atomic mass is 19.2. The van der Waals surface area contributed by atoms with Crippen LogP contribution in [0, 0.1) is 11.6 Å². The Bertz CT molecular complexity index is 1120. The van der Waals surface area contributed by atoms with Gasteiger partial charge in [-0.05, 0) is 67.0 Å². The Balaban J connectivity index is 1.61. The smallest absolute Gasteiger partial charge is 0.167 e. The number of hydrogen-bond donors (Lipinski definition) is 0. The topological polar surface area (TPSA) is 9.23 Å². The van der Waals surface area contributed by atoms with E-state index in [1.807, 2.05) is 42.5 Å². The Labute approximate surface area is 203 Å². The van der Waals surface area contributed by atoms with Crippen LogP contribution in [0.5, 0.6) is 0 Å². The van der Waals surface area contributed by atoms with Crippen molar-refractivity contribution >= 4 is 16.8 Å². The van der Waals surface area contributed by atoms with Gasteiger partial charge in [-0.25, -0.2) is 8.78 Å². The van der Waals surface area contributed by atoms with E-state index >= 15 is 0 Å². The van der Waals surface area contributed by atoms with Crippen molar-refractivity contribution in [3.05, 3.63) is 90.0 Å². The molecule has 0 aromatic heterocycles. The van der Waals surface area contributed by atoms with Crippen LogP contribution in [0.15, 0.2) is 67.3 Å². The highest BCUT2D eigenvalue weighted by Gasteiger charge is 2.14. The summed E-state index contributed by atoms with van der Waals surface area (Å²) in [6.45, 7) is 8.87. The summed E-state index contributed by atoms with van der Waals surface area (Å²) in [7, 11) is 0. The number of ether oxygens (including phenoxy) is 1. The van der Waals surface area contributed by atoms with Crippen molar-refractivity contribution in [2.24, 2.45) is 0 Å². The average molecular weight is 463 g/mol. The van der Waals surface area contributed by atoms with E-state index in [1.54, 1.807) is 18.2 Å². The molecule has 3 aromatic carbocycles. The zero-order valence-corrected chi connectivity index (χ0v) is 20.5. The lowest BCUT2D eigenvalue weighted by atomic mass is 9.97. The molecule has 180 valence electrons. The maximum Gasteiger partial charge on any atom is 0.167 e. The van der Waals surface area contributed by atoms with Crippen LogP contribution < -0.4 is 0 Å². The standard InChI is InChI=1S/C31H36F2O/c1-4-6-10-20-34-23(3)12-8-7-9-13-25-18-19-29(31(33)30(25)32)28-17-16-26-21-24(11-5-2)14-15-27(26)22-28/h5,9,13-19,21-23H,2,4,6-8,10-12,20H2,1,3H3/b13-9+. The molecular formula is C31H36F2O. The van der Waals surface area contributed by atoms with Crippen molar-refractivity contribution in [2.45, 2.75) is 64.9 Å². The summed E-state index contributed by atoms with van der Waals surface area (Å²) in [6.07, 6.45) is 12.7. The van der Waals surface area contributed by atoms with Crippen molar-refractivity contribution in [2.75, 3.05) is 6.61 Å². The third-order valence-electron chi connectivity index (χ3n) is 6.14. The zero-order valence-electron chi connectivity index (χ0n) is 20.5. The Kier molecular flexibility index (Phi) is 10.0. The van der Waals surface area contributed by atoms with E-state index in [1.165, 1.54) is 18.4 Å². The number of unbranched alkanes of at least 4 members (excludes halogenated alkanes) is 3. The van der Waals surface area contributed by atoms with Gasteiger partial charge in [0.2, 0.25) is 0 Å². The second-order valence-corrected chi connectivity index (χ2v) is 8.94. The maximum absolute atomic E-state index is 14.9. The fraction of sp³-hybridized carbons (Fsp3) is 0.355. The molecule has 0 spiro atoms. The highest BCUT2D eigenvalue weighted by Crippen LogP contribution is 2.30. The molecule has 0 aliphatic heterocycles. The average Bonchev–Trinajstić information content (AvgIpc) is 2.84. The molecule has 0 bridgehead atoms. The molecule has 1 unspecified atom stereocenters. The van der Waals surface area contributed by atoms with Crippen molar-refractivity contribution < 1.29 is 13.5 Å². The third-order valence-corrected chi connectivity index (χ3v) is 6.14. The van der Waals surface area contributed by atoms with Gasteiger partial charge in [0.05, 0.1) is 6.10 Å². The molecule has 0 amide bonds. The second kappa shape index (κ2) is 13.2. The van der Waals surface area contributed by atoms with Crippen LogP contribution >= 0.6 is 0 Å². The molecule has 3 heteroatoms. The minimum atomic E-state index is -0.807. The fourth-order valence-corrected chi connectivity index (χ4v) is 4.13. The Morgan fingerprint density at radius 3 is 2.53 bits per heavy atom. The Morgan fingerprint density at radius 2 is 1.74 bits per heavy atom. The second-order valence-electron chi connectivity index (χ2n) is 8.94. The van der Waals surface area contributed by atoms with Gasteiger partial charge in [0, 0.05) is 17.7 Å². The number of halogens is 2. The van der Waals surface area contributed by atoms with Gasteiger partial charge < -0.3 is 4.74 Å². The molecule has 1 atom stereocenters. The predicted molar refractivity (Wildman–Crippen MR) is 141 cm³/mol. The van der Waals surface area contributed by atoms with Crippen LogP contribution in [0.4, 0.5) is 8.78 Å². The number of rotatable bonds is 13. The SMILES string of the molecule is C=CCc1ccc2cc(-c3ccc(/C=C/CCCC(C)OCCCCC)c(F)c3F)ccc2c1. The van der Waals surface area contributed by atoms with E-state index in [-0.39, 0.29) is 17.2 Å². The lowest BCUT2D eigenvalue weighted by molar-refractivity contribution is 0.0566. The van der Waals surface area contributed by atoms with Crippen LogP contribution in [0.1, 0.15) is 63.5 Å². The van der Waals surface area contributed by atoms with Gasteiger partial charge in [0.15, 0.2) is 11.6 Å². The molecule has 3 aromatic rings. The van der Waals surface area contributed by atoms with E-state index < -0.39 is 11.6 Å². The summed E-state index contributed by atoms with van der Waals surface area (Å²) >= 11 is 0. The molecule has 0 aliphatic carbocycles. The number of fused-ring (bicyclic) bond motifs is 1. The summed E-state index contributed by atoms with van der Waals surface area (Å²) in [5, 5.41) is 2.07. The van der Waals surface area contributed by atoms with Gasteiger partial charge in [-0.1, -0.05) is 80.5 Å². The quantitative estimate of drug-likeness (QED) is 0.182. The highest BCUT2D eigenvalue weighted by molar-refractivity contribution is 5.88. The molecule has 3 rings (SSSR count). The summed E-state index contributed by atoms with van der Waals surface area (Å²) in [4.78, 5) is 0. The number of allylic oxidation sites excluding steroid dienone is 2. The molecule has 1 nitrogen and oxygen atoms in total. The van der Waals surface area contributed by atoms with Crippen LogP contribution in [0.3, 0.4) is 0 Å². The molecule has 0 radical (unpaired) electrons. The molecule has 0 fully saturated rings. The van der Waals surface area contributed by atoms with Crippen molar-refractivity contribution in [1.29, 1.82) is 0 Å². The van der Waals surface area contributed by atoms with Crippen molar-refractivity contribution in [1.82, 2.24) is 0 Å². The summed E-state index contributed by atoms with van der Waals surface area (Å²) in [6, 6.07) is 15.2. The molecule has 34 heavy (non-hydrogen) atoms. The van der Waals surface area contributed by atoms with Crippen LogP contribution in [0.2, 0.25) is 0 Å². The first-order chi connectivity index (χ1) is 16.5. The lowest BCUT2D eigenvalue weighted by Gasteiger charge is -2.12. The van der Waals surface area contributed by atoms with Crippen LogP contribution in [-0.4, -0.2) is 12.7 Å². The van der Waals surface area contributed by atoms with E-state index in [0.717, 1.165) is 49.5 Å². The van der Waals surface area contributed by atoms with E-state index in [9.17, 15) is 8.78 Å². The molecule has 0 aliphatic rings. The van der Waals surface area contributed by atoms with Crippen molar-refractivity contribution in [3.63, 3.8) is 0 Å². The largest absolute Gasteiger partial charge is 0.379 e. The zero-order chi connectivity index (χ0) is 24.3. The van der Waals surface area contributed by atoms with Crippen LogP contribution in [-0.2, 0) is 11.2 Å². The maximum atomic E-state index is 14.9. The molecule has 0 saturated carbocycles. The third kappa shape index (κ3) is 7.11. The first-order valence-electron chi connectivity index (χ1n) is 12.4. The van der Waals surface area contributed by atoms with Crippen molar-refractivity contribution in [3.8, 4) is 11.1 Å². The number of benzene rings is 3. The Hall–Kier alpha value is -2.78. The minimum absolute atomic E-state index is 0.231. The normalized spacial score (nSPS) is 12.5. The number of hydrogen-bond acceptors (Lipinski definition) is 1. The molecule has 0 heterocycles. The fourth-order valence-electron chi connectivity index (χ4n) is 4.13. The predicted octanol–water partition coefficient (Wildman–Crippen LogP) is 9.29. The first kappa shape index (κ1) is 25.8. The van der Waals surface area contributed by atoms with E-state index in [4.69, 9.17) is 4.74 Å². The minimum Gasteiger partial charge on any atom is -0.379 e.